The van der Waals surface area contributed by atoms with Gasteiger partial charge in [0, 0.05) is 33.1 Å². The molecule has 0 bridgehead atoms. The highest BCUT2D eigenvalue weighted by Crippen LogP contribution is 2.11. The van der Waals surface area contributed by atoms with Gasteiger partial charge in [-0.05, 0) is 0 Å². The quantitative estimate of drug-likeness (QED) is 0.393. The molecule has 8 nitrogen and oxygen atoms in total. The number of hydrogen-bond acceptors (Lipinski definition) is 7. The molecule has 17 heavy (non-hydrogen) atoms. The van der Waals surface area contributed by atoms with Crippen molar-refractivity contribution < 1.29 is 4.79 Å². The van der Waals surface area contributed by atoms with E-state index < -0.39 is 0 Å². The summed E-state index contributed by atoms with van der Waals surface area (Å²) in [6, 6.07) is 1.61. The highest BCUT2D eigenvalue weighted by molar-refractivity contribution is 5.76. The number of nitrogen functional groups attached to an aromatic ring is 2. The van der Waals surface area contributed by atoms with Gasteiger partial charge >= 0.3 is 0 Å². The zero-order chi connectivity index (χ0) is 12.8. The Morgan fingerprint density at radius 2 is 2.06 bits per heavy atom. The molecule has 0 saturated heterocycles. The van der Waals surface area contributed by atoms with Crippen LogP contribution in [0.5, 0.6) is 0 Å². The van der Waals surface area contributed by atoms with Crippen molar-refractivity contribution in [2.45, 2.75) is 6.42 Å². The van der Waals surface area contributed by atoms with Gasteiger partial charge in [-0.15, -0.1) is 0 Å². The SMILES string of the molecule is CN(C)C(=O)CCNc1cc(NN)nc(N)n1. The van der Waals surface area contributed by atoms with Gasteiger partial charge in [-0.2, -0.15) is 9.97 Å². The van der Waals surface area contributed by atoms with Gasteiger partial charge in [-0.3, -0.25) is 4.79 Å². The molecule has 0 aliphatic rings. The van der Waals surface area contributed by atoms with Crippen molar-refractivity contribution in [3.05, 3.63) is 6.07 Å². The third-order valence-corrected chi connectivity index (χ3v) is 2.04. The molecule has 8 heteroatoms. The van der Waals surface area contributed by atoms with Crippen molar-refractivity contribution in [1.82, 2.24) is 14.9 Å². The summed E-state index contributed by atoms with van der Waals surface area (Å²) in [7, 11) is 3.42. The van der Waals surface area contributed by atoms with Crippen LogP contribution >= 0.6 is 0 Å². The summed E-state index contributed by atoms with van der Waals surface area (Å²) in [6.45, 7) is 0.470. The van der Waals surface area contributed by atoms with E-state index in [4.69, 9.17) is 11.6 Å². The lowest BCUT2D eigenvalue weighted by Gasteiger charge is -2.11. The highest BCUT2D eigenvalue weighted by atomic mass is 16.2. The van der Waals surface area contributed by atoms with Crippen LogP contribution in [-0.4, -0.2) is 41.4 Å². The molecule has 1 amide bonds. The first-order chi connectivity index (χ1) is 8.02. The summed E-state index contributed by atoms with van der Waals surface area (Å²) < 4.78 is 0. The maximum absolute atomic E-state index is 11.3. The third kappa shape index (κ3) is 4.11. The second-order valence-corrected chi connectivity index (χ2v) is 3.61. The van der Waals surface area contributed by atoms with E-state index in [1.54, 1.807) is 20.2 Å². The van der Waals surface area contributed by atoms with Crippen LogP contribution in [0.2, 0.25) is 0 Å². The first-order valence-electron chi connectivity index (χ1n) is 5.08. The smallest absolute Gasteiger partial charge is 0.223 e. The van der Waals surface area contributed by atoms with Gasteiger partial charge in [-0.1, -0.05) is 0 Å². The monoisotopic (exact) mass is 239 g/mol. The van der Waals surface area contributed by atoms with E-state index in [9.17, 15) is 4.79 Å². The van der Waals surface area contributed by atoms with Gasteiger partial charge < -0.3 is 21.4 Å². The molecule has 0 aliphatic heterocycles. The highest BCUT2D eigenvalue weighted by Gasteiger charge is 2.04. The standard InChI is InChI=1S/C9H17N7O/c1-16(2)8(17)3-4-12-6-5-7(15-11)14-9(10)13-6/h5H,3-4,11H2,1-2H3,(H4,10,12,13,14,15). The Balaban J connectivity index is 2.52. The number of amides is 1. The van der Waals surface area contributed by atoms with Crippen LogP contribution in [0.25, 0.3) is 0 Å². The number of carbonyl (C=O) groups excluding carboxylic acids is 1. The van der Waals surface area contributed by atoms with Gasteiger partial charge in [0.05, 0.1) is 0 Å². The fourth-order valence-electron chi connectivity index (χ4n) is 1.15. The minimum atomic E-state index is 0.0386. The fourth-order valence-corrected chi connectivity index (χ4v) is 1.15. The number of nitrogens with one attached hydrogen (secondary N) is 2. The van der Waals surface area contributed by atoms with E-state index >= 15 is 0 Å². The molecule has 0 fully saturated rings. The van der Waals surface area contributed by atoms with Crippen LogP contribution in [-0.2, 0) is 4.79 Å². The number of rotatable bonds is 5. The fraction of sp³-hybridized carbons (Fsp3) is 0.444. The molecule has 0 aliphatic carbocycles. The van der Waals surface area contributed by atoms with Crippen molar-refractivity contribution in [2.24, 2.45) is 5.84 Å². The maximum Gasteiger partial charge on any atom is 0.223 e. The van der Waals surface area contributed by atoms with Gasteiger partial charge in [0.1, 0.15) is 11.6 Å². The molecule has 6 N–H and O–H groups in total. The first-order valence-corrected chi connectivity index (χ1v) is 5.08. The second kappa shape index (κ2) is 5.85. The van der Waals surface area contributed by atoms with Gasteiger partial charge in [0.25, 0.3) is 0 Å². The van der Waals surface area contributed by atoms with E-state index in [0.29, 0.717) is 24.6 Å². The Labute approximate surface area is 99.4 Å². The van der Waals surface area contributed by atoms with Crippen molar-refractivity contribution in [3.8, 4) is 0 Å². The molecule has 0 aromatic carbocycles. The Morgan fingerprint density at radius 1 is 1.41 bits per heavy atom. The predicted molar refractivity (Wildman–Crippen MR) is 66.1 cm³/mol. The van der Waals surface area contributed by atoms with Gasteiger partial charge in [0.2, 0.25) is 11.9 Å². The van der Waals surface area contributed by atoms with Gasteiger partial charge in [-0.25, -0.2) is 5.84 Å². The zero-order valence-electron chi connectivity index (χ0n) is 9.90. The second-order valence-electron chi connectivity index (χ2n) is 3.61. The largest absolute Gasteiger partial charge is 0.369 e. The summed E-state index contributed by atoms with van der Waals surface area (Å²) in [4.78, 5) is 20.6. The maximum atomic E-state index is 11.3. The Bertz CT molecular complexity index is 393. The van der Waals surface area contributed by atoms with E-state index in [-0.39, 0.29) is 11.9 Å². The lowest BCUT2D eigenvalue weighted by atomic mass is 10.4. The summed E-state index contributed by atoms with van der Waals surface area (Å²) in [6.07, 6.45) is 0.377. The molecular weight excluding hydrogens is 222 g/mol. The Kier molecular flexibility index (Phi) is 4.46. The van der Waals surface area contributed by atoms with E-state index in [0.717, 1.165) is 0 Å². The van der Waals surface area contributed by atoms with E-state index in [1.807, 2.05) is 0 Å². The number of carbonyl (C=O) groups is 1. The van der Waals surface area contributed by atoms with Crippen LogP contribution < -0.4 is 22.3 Å². The van der Waals surface area contributed by atoms with Crippen molar-refractivity contribution >= 4 is 23.5 Å². The van der Waals surface area contributed by atoms with Crippen LogP contribution in [0.1, 0.15) is 6.42 Å². The number of nitrogens with zero attached hydrogens (tertiary/aromatic N) is 3. The zero-order valence-corrected chi connectivity index (χ0v) is 9.90. The molecule has 1 rings (SSSR count). The normalized spacial score (nSPS) is 9.82. The van der Waals surface area contributed by atoms with Crippen molar-refractivity contribution in [2.75, 3.05) is 37.1 Å². The molecule has 0 atom stereocenters. The average Bonchev–Trinajstić information content (AvgIpc) is 2.27. The summed E-state index contributed by atoms with van der Waals surface area (Å²) in [5, 5.41) is 2.97. The summed E-state index contributed by atoms with van der Waals surface area (Å²) in [5.74, 6) is 6.31. The summed E-state index contributed by atoms with van der Waals surface area (Å²) >= 11 is 0. The number of hydrazine groups is 1. The topological polar surface area (TPSA) is 122 Å². The van der Waals surface area contributed by atoms with E-state index in [1.165, 1.54) is 4.90 Å². The lowest BCUT2D eigenvalue weighted by Crippen LogP contribution is -2.24. The van der Waals surface area contributed by atoms with Crippen LogP contribution in [0.3, 0.4) is 0 Å². The molecule has 1 aromatic heterocycles. The molecule has 0 saturated carbocycles. The number of nitrogens with two attached hydrogens (primary N) is 2. The summed E-state index contributed by atoms with van der Waals surface area (Å²) in [5.41, 5.74) is 7.86. The molecule has 0 radical (unpaired) electrons. The lowest BCUT2D eigenvalue weighted by molar-refractivity contribution is -0.128. The molecule has 1 aromatic rings. The average molecular weight is 239 g/mol. The molecule has 1 heterocycles. The molecule has 0 unspecified atom stereocenters. The molecule has 94 valence electrons. The Hall–Kier alpha value is -2.09. The number of anilines is 3. The predicted octanol–water partition coefficient (Wildman–Crippen LogP) is -0.765. The van der Waals surface area contributed by atoms with Crippen molar-refractivity contribution in [1.29, 1.82) is 0 Å². The minimum Gasteiger partial charge on any atom is -0.369 e. The van der Waals surface area contributed by atoms with Gasteiger partial charge in [0.15, 0.2) is 0 Å². The first kappa shape index (κ1) is 13.0. The van der Waals surface area contributed by atoms with Crippen molar-refractivity contribution in [3.63, 3.8) is 0 Å². The molecule has 0 spiro atoms. The van der Waals surface area contributed by atoms with Crippen LogP contribution in [0.4, 0.5) is 17.6 Å². The number of aromatic nitrogens is 2. The van der Waals surface area contributed by atoms with E-state index in [2.05, 4.69) is 20.7 Å². The van der Waals surface area contributed by atoms with Crippen LogP contribution in [0.15, 0.2) is 6.07 Å². The number of hydrogen-bond donors (Lipinski definition) is 4. The Morgan fingerprint density at radius 3 is 2.65 bits per heavy atom. The van der Waals surface area contributed by atoms with Crippen LogP contribution in [0, 0.1) is 0 Å². The third-order valence-electron chi connectivity index (χ3n) is 2.04. The minimum absolute atomic E-state index is 0.0386. The molecular formula is C9H17N7O.